The van der Waals surface area contributed by atoms with Crippen LogP contribution in [0, 0.1) is 6.92 Å². The molecule has 0 aliphatic rings. The Morgan fingerprint density at radius 1 is 1.29 bits per heavy atom. The third-order valence-electron chi connectivity index (χ3n) is 2.50. The quantitative estimate of drug-likeness (QED) is 0.658. The second kappa shape index (κ2) is 3.26. The topological polar surface area (TPSA) is 12.9 Å². The predicted molar refractivity (Wildman–Crippen MR) is 61.2 cm³/mol. The lowest BCUT2D eigenvalue weighted by molar-refractivity contribution is 1.33. The van der Waals surface area contributed by atoms with E-state index in [0.717, 1.165) is 16.7 Å². The van der Waals surface area contributed by atoms with Crippen LogP contribution in [-0.4, -0.2) is 4.98 Å². The molecule has 0 radical (unpaired) electrons. The molecule has 0 saturated heterocycles. The second-order valence-electron chi connectivity index (χ2n) is 3.59. The molecule has 70 valence electrons. The van der Waals surface area contributed by atoms with E-state index >= 15 is 0 Å². The summed E-state index contributed by atoms with van der Waals surface area (Å²) in [5.41, 5.74) is 4.54. The summed E-state index contributed by atoms with van der Waals surface area (Å²) < 4.78 is 0. The molecule has 0 N–H and O–H groups in total. The summed E-state index contributed by atoms with van der Waals surface area (Å²) in [7, 11) is 0. The monoisotopic (exact) mass is 183 g/mol. The van der Waals surface area contributed by atoms with Gasteiger partial charge in [-0.05, 0) is 36.6 Å². The molecule has 1 heterocycles. The first-order valence-electron chi connectivity index (χ1n) is 4.70. The summed E-state index contributed by atoms with van der Waals surface area (Å²) in [6.07, 6.45) is 1.90. The van der Waals surface area contributed by atoms with Gasteiger partial charge in [-0.3, -0.25) is 4.98 Å². The molecule has 0 bridgehead atoms. The summed E-state index contributed by atoms with van der Waals surface area (Å²) in [5.74, 6) is 0. The van der Waals surface area contributed by atoms with Crippen LogP contribution in [0.3, 0.4) is 0 Å². The molecule has 0 unspecified atom stereocenters. The fourth-order valence-corrected chi connectivity index (χ4v) is 1.71. The van der Waals surface area contributed by atoms with Gasteiger partial charge in [-0.1, -0.05) is 24.8 Å². The third kappa shape index (κ3) is 1.31. The highest BCUT2D eigenvalue weighted by atomic mass is 14.7. The van der Waals surface area contributed by atoms with E-state index in [1.54, 1.807) is 0 Å². The minimum atomic E-state index is 1.05. The van der Waals surface area contributed by atoms with Crippen LogP contribution in [0.15, 0.2) is 37.0 Å². The molecule has 0 spiro atoms. The molecule has 1 heteroatoms. The molecule has 1 aromatic carbocycles. The van der Waals surface area contributed by atoms with Gasteiger partial charge in [0.05, 0.1) is 5.52 Å². The van der Waals surface area contributed by atoms with Crippen molar-refractivity contribution in [2.45, 2.75) is 13.8 Å². The number of fused-ring (bicyclic) bond motifs is 1. The van der Waals surface area contributed by atoms with Crippen LogP contribution >= 0.6 is 0 Å². The normalized spacial score (nSPS) is 10.4. The van der Waals surface area contributed by atoms with E-state index < -0.39 is 0 Å². The van der Waals surface area contributed by atoms with Crippen molar-refractivity contribution in [1.29, 1.82) is 0 Å². The van der Waals surface area contributed by atoms with Gasteiger partial charge >= 0.3 is 0 Å². The summed E-state index contributed by atoms with van der Waals surface area (Å²) >= 11 is 0. The maximum absolute atomic E-state index is 4.40. The minimum Gasteiger partial charge on any atom is -0.256 e. The Bertz CT molecular complexity index is 498. The van der Waals surface area contributed by atoms with Crippen molar-refractivity contribution in [3.63, 3.8) is 0 Å². The number of aromatic nitrogens is 1. The van der Waals surface area contributed by atoms with Crippen LogP contribution in [0.25, 0.3) is 16.5 Å². The molecule has 0 atom stereocenters. The number of hydrogen-bond donors (Lipinski definition) is 0. The number of rotatable bonds is 1. The molecule has 2 rings (SSSR count). The summed E-state index contributed by atoms with van der Waals surface area (Å²) in [6, 6.07) is 8.18. The first-order chi connectivity index (χ1) is 6.70. The van der Waals surface area contributed by atoms with Crippen molar-refractivity contribution < 1.29 is 0 Å². The largest absolute Gasteiger partial charge is 0.256 e. The van der Waals surface area contributed by atoms with Crippen LogP contribution in [0.2, 0.25) is 0 Å². The van der Waals surface area contributed by atoms with Crippen LogP contribution in [-0.2, 0) is 0 Å². The third-order valence-corrected chi connectivity index (χ3v) is 2.50. The van der Waals surface area contributed by atoms with Gasteiger partial charge in [0.15, 0.2) is 0 Å². The fourth-order valence-electron chi connectivity index (χ4n) is 1.71. The van der Waals surface area contributed by atoms with Gasteiger partial charge in [0, 0.05) is 11.6 Å². The maximum atomic E-state index is 4.40. The van der Waals surface area contributed by atoms with E-state index in [1.165, 1.54) is 10.9 Å². The highest BCUT2D eigenvalue weighted by Gasteiger charge is 2.03. The average Bonchev–Trinajstić information content (AvgIpc) is 2.18. The molecule has 0 fully saturated rings. The molecule has 0 aliphatic carbocycles. The highest BCUT2D eigenvalue weighted by molar-refractivity contribution is 5.86. The summed E-state index contributed by atoms with van der Waals surface area (Å²) in [6.45, 7) is 8.08. The molecular formula is C13H13N. The lowest BCUT2D eigenvalue weighted by atomic mass is 10.0. The average molecular weight is 183 g/mol. The van der Waals surface area contributed by atoms with Crippen molar-refractivity contribution in [2.24, 2.45) is 0 Å². The van der Waals surface area contributed by atoms with Gasteiger partial charge in [0.2, 0.25) is 0 Å². The minimum absolute atomic E-state index is 1.05. The molecule has 14 heavy (non-hydrogen) atoms. The van der Waals surface area contributed by atoms with Gasteiger partial charge in [0.1, 0.15) is 0 Å². The van der Waals surface area contributed by atoms with E-state index in [2.05, 4.69) is 24.6 Å². The first-order valence-corrected chi connectivity index (χ1v) is 4.70. The van der Waals surface area contributed by atoms with E-state index in [4.69, 9.17) is 0 Å². The second-order valence-corrected chi connectivity index (χ2v) is 3.59. The number of allylic oxidation sites excluding steroid dienone is 1. The lowest BCUT2D eigenvalue weighted by Crippen LogP contribution is -1.89. The number of pyridine rings is 1. The number of aryl methyl sites for hydroxylation is 1. The van der Waals surface area contributed by atoms with E-state index in [9.17, 15) is 0 Å². The standard InChI is InChI=1S/C13H13N/c1-9(2)12-8-14-13-7-5-4-6-11(13)10(12)3/h4-8H,1H2,2-3H3. The van der Waals surface area contributed by atoms with Crippen LogP contribution < -0.4 is 0 Å². The fraction of sp³-hybridized carbons (Fsp3) is 0.154. The van der Waals surface area contributed by atoms with Crippen LogP contribution in [0.5, 0.6) is 0 Å². The Hall–Kier alpha value is -1.63. The van der Waals surface area contributed by atoms with E-state index in [1.807, 2.05) is 31.3 Å². The molecule has 0 saturated carbocycles. The van der Waals surface area contributed by atoms with Crippen molar-refractivity contribution in [2.75, 3.05) is 0 Å². The smallest absolute Gasteiger partial charge is 0.0705 e. The highest BCUT2D eigenvalue weighted by Crippen LogP contribution is 2.23. The van der Waals surface area contributed by atoms with E-state index in [0.29, 0.717) is 0 Å². The summed E-state index contributed by atoms with van der Waals surface area (Å²) in [5, 5.41) is 1.22. The van der Waals surface area contributed by atoms with Crippen molar-refractivity contribution in [3.05, 3.63) is 48.2 Å². The lowest BCUT2D eigenvalue weighted by Gasteiger charge is -2.07. The zero-order chi connectivity index (χ0) is 10.1. The molecule has 1 nitrogen and oxygen atoms in total. The van der Waals surface area contributed by atoms with Gasteiger partial charge < -0.3 is 0 Å². The van der Waals surface area contributed by atoms with E-state index in [-0.39, 0.29) is 0 Å². The number of nitrogens with zero attached hydrogens (tertiary/aromatic N) is 1. The van der Waals surface area contributed by atoms with Gasteiger partial charge in [0.25, 0.3) is 0 Å². The van der Waals surface area contributed by atoms with Crippen LogP contribution in [0.4, 0.5) is 0 Å². The Kier molecular flexibility index (Phi) is 2.08. The SMILES string of the molecule is C=C(C)c1cnc2ccccc2c1C. The first kappa shape index (κ1) is 8.95. The molecule has 0 aliphatic heterocycles. The zero-order valence-electron chi connectivity index (χ0n) is 8.54. The molecule has 1 aromatic heterocycles. The van der Waals surface area contributed by atoms with Gasteiger partial charge in [-0.25, -0.2) is 0 Å². The molecule has 0 amide bonds. The summed E-state index contributed by atoms with van der Waals surface area (Å²) in [4.78, 5) is 4.40. The number of benzene rings is 1. The molecular weight excluding hydrogens is 170 g/mol. The predicted octanol–water partition coefficient (Wildman–Crippen LogP) is 3.58. The Balaban J connectivity index is 2.81. The van der Waals surface area contributed by atoms with Crippen LogP contribution in [0.1, 0.15) is 18.1 Å². The Morgan fingerprint density at radius 2 is 2.00 bits per heavy atom. The Morgan fingerprint density at radius 3 is 2.71 bits per heavy atom. The molecule has 2 aromatic rings. The maximum Gasteiger partial charge on any atom is 0.0705 e. The van der Waals surface area contributed by atoms with Crippen molar-refractivity contribution in [3.8, 4) is 0 Å². The number of hydrogen-bond acceptors (Lipinski definition) is 1. The van der Waals surface area contributed by atoms with Crippen molar-refractivity contribution in [1.82, 2.24) is 4.98 Å². The van der Waals surface area contributed by atoms with Gasteiger partial charge in [-0.2, -0.15) is 0 Å². The zero-order valence-corrected chi connectivity index (χ0v) is 8.54. The van der Waals surface area contributed by atoms with Crippen molar-refractivity contribution >= 4 is 16.5 Å². The number of para-hydroxylation sites is 1. The Labute approximate surface area is 84.1 Å². The van der Waals surface area contributed by atoms with Gasteiger partial charge in [-0.15, -0.1) is 0 Å².